The Morgan fingerprint density at radius 2 is 2.29 bits per heavy atom. The van der Waals surface area contributed by atoms with E-state index in [0.29, 0.717) is 5.02 Å². The van der Waals surface area contributed by atoms with Gasteiger partial charge in [-0.25, -0.2) is 0 Å². The lowest BCUT2D eigenvalue weighted by Crippen LogP contribution is -2.35. The first-order valence-corrected chi connectivity index (χ1v) is 8.21. The van der Waals surface area contributed by atoms with Crippen LogP contribution >= 0.6 is 22.9 Å². The fraction of sp³-hybridized carbons (Fsp3) is 0.312. The maximum absolute atomic E-state index is 11.3. The summed E-state index contributed by atoms with van der Waals surface area (Å²) in [7, 11) is 0. The average Bonchev–Trinajstić information content (AvgIpc) is 2.93. The summed E-state index contributed by atoms with van der Waals surface area (Å²) in [5.41, 5.74) is 2.14. The SMILES string of the molecule is O=C(O)CN(c1cccc(Cl)c1)C1CCCc2sccc21. The number of halogens is 1. The van der Waals surface area contributed by atoms with Crippen LogP contribution in [0.1, 0.15) is 29.3 Å². The molecular formula is C16H16ClNO2S. The lowest BCUT2D eigenvalue weighted by atomic mass is 9.92. The lowest BCUT2D eigenvalue weighted by molar-refractivity contribution is -0.135. The van der Waals surface area contributed by atoms with E-state index in [4.69, 9.17) is 11.6 Å². The van der Waals surface area contributed by atoms with Crippen LogP contribution in [0.2, 0.25) is 5.02 Å². The third-order valence-electron chi connectivity index (χ3n) is 3.84. The number of aryl methyl sites for hydroxylation is 1. The molecule has 0 bridgehead atoms. The predicted molar refractivity (Wildman–Crippen MR) is 86.4 cm³/mol. The van der Waals surface area contributed by atoms with Crippen molar-refractivity contribution in [3.8, 4) is 0 Å². The number of carbonyl (C=O) groups is 1. The van der Waals surface area contributed by atoms with E-state index < -0.39 is 5.97 Å². The number of thiophene rings is 1. The topological polar surface area (TPSA) is 40.5 Å². The van der Waals surface area contributed by atoms with Gasteiger partial charge in [-0.05, 0) is 54.5 Å². The normalized spacial score (nSPS) is 17.3. The molecule has 110 valence electrons. The molecule has 3 rings (SSSR count). The highest BCUT2D eigenvalue weighted by Crippen LogP contribution is 2.39. The minimum Gasteiger partial charge on any atom is -0.480 e. The van der Waals surface area contributed by atoms with Gasteiger partial charge in [0, 0.05) is 15.6 Å². The summed E-state index contributed by atoms with van der Waals surface area (Å²) in [6, 6.07) is 9.68. The molecule has 1 aliphatic rings. The largest absolute Gasteiger partial charge is 0.480 e. The van der Waals surface area contributed by atoms with Crippen LogP contribution < -0.4 is 4.90 Å². The Morgan fingerprint density at radius 3 is 3.05 bits per heavy atom. The molecule has 1 N–H and O–H groups in total. The Labute approximate surface area is 132 Å². The fourth-order valence-electron chi connectivity index (χ4n) is 2.97. The second kappa shape index (κ2) is 6.08. The maximum atomic E-state index is 11.3. The van der Waals surface area contributed by atoms with E-state index in [1.54, 1.807) is 17.4 Å². The van der Waals surface area contributed by atoms with E-state index in [0.717, 1.165) is 24.9 Å². The van der Waals surface area contributed by atoms with Crippen LogP contribution in [-0.2, 0) is 11.2 Å². The number of hydrogen-bond donors (Lipinski definition) is 1. The van der Waals surface area contributed by atoms with Crippen molar-refractivity contribution in [2.24, 2.45) is 0 Å². The zero-order chi connectivity index (χ0) is 14.8. The van der Waals surface area contributed by atoms with Crippen LogP contribution in [0.4, 0.5) is 5.69 Å². The van der Waals surface area contributed by atoms with Gasteiger partial charge in [0.15, 0.2) is 0 Å². The van der Waals surface area contributed by atoms with Gasteiger partial charge in [-0.3, -0.25) is 4.79 Å². The Balaban J connectivity index is 1.99. The lowest BCUT2D eigenvalue weighted by Gasteiger charge is -2.35. The molecule has 1 aromatic heterocycles. The number of rotatable bonds is 4. The number of fused-ring (bicyclic) bond motifs is 1. The zero-order valence-corrected chi connectivity index (χ0v) is 13.0. The van der Waals surface area contributed by atoms with Crippen LogP contribution in [-0.4, -0.2) is 17.6 Å². The van der Waals surface area contributed by atoms with Crippen molar-refractivity contribution in [1.82, 2.24) is 0 Å². The van der Waals surface area contributed by atoms with Gasteiger partial charge in [0.1, 0.15) is 6.54 Å². The number of carboxylic acids is 1. The second-order valence-electron chi connectivity index (χ2n) is 5.21. The summed E-state index contributed by atoms with van der Waals surface area (Å²) in [6.07, 6.45) is 3.17. The number of carboxylic acid groups (broad SMARTS) is 1. The standard InChI is InChI=1S/C16H16ClNO2S/c17-11-3-1-4-12(9-11)18(10-16(19)20)14-5-2-6-15-13(14)7-8-21-15/h1,3-4,7-9,14H,2,5-6,10H2,(H,19,20). The second-order valence-corrected chi connectivity index (χ2v) is 6.65. The molecule has 0 radical (unpaired) electrons. The van der Waals surface area contributed by atoms with Gasteiger partial charge in [-0.1, -0.05) is 17.7 Å². The van der Waals surface area contributed by atoms with Gasteiger partial charge in [0.2, 0.25) is 0 Å². The van der Waals surface area contributed by atoms with Crippen molar-refractivity contribution in [2.45, 2.75) is 25.3 Å². The molecule has 1 aromatic carbocycles. The van der Waals surface area contributed by atoms with E-state index in [1.165, 1.54) is 10.4 Å². The van der Waals surface area contributed by atoms with Gasteiger partial charge in [0.05, 0.1) is 6.04 Å². The molecule has 3 nitrogen and oxygen atoms in total. The van der Waals surface area contributed by atoms with Crippen molar-refractivity contribution >= 4 is 34.6 Å². The number of benzene rings is 1. The molecule has 1 atom stereocenters. The average molecular weight is 322 g/mol. The first-order valence-electron chi connectivity index (χ1n) is 6.95. The summed E-state index contributed by atoms with van der Waals surface area (Å²) >= 11 is 7.84. The Kier molecular flexibility index (Phi) is 4.17. The number of aliphatic carboxylic acids is 1. The summed E-state index contributed by atoms with van der Waals surface area (Å²) in [4.78, 5) is 14.6. The molecule has 0 aliphatic heterocycles. The van der Waals surface area contributed by atoms with Crippen molar-refractivity contribution in [1.29, 1.82) is 0 Å². The first-order chi connectivity index (χ1) is 10.1. The number of nitrogens with zero attached hydrogens (tertiary/aromatic N) is 1. The molecule has 21 heavy (non-hydrogen) atoms. The van der Waals surface area contributed by atoms with Crippen LogP contribution in [0, 0.1) is 0 Å². The van der Waals surface area contributed by atoms with Crippen molar-refractivity contribution in [3.63, 3.8) is 0 Å². The molecule has 0 saturated heterocycles. The number of hydrogen-bond acceptors (Lipinski definition) is 3. The van der Waals surface area contributed by atoms with Crippen LogP contribution in [0.5, 0.6) is 0 Å². The quantitative estimate of drug-likeness (QED) is 0.909. The molecule has 0 spiro atoms. The van der Waals surface area contributed by atoms with Crippen molar-refractivity contribution in [3.05, 3.63) is 51.2 Å². The Morgan fingerprint density at radius 1 is 1.43 bits per heavy atom. The Bertz CT molecular complexity index is 655. The van der Waals surface area contributed by atoms with Crippen molar-refractivity contribution in [2.75, 3.05) is 11.4 Å². The summed E-state index contributed by atoms with van der Waals surface area (Å²) < 4.78 is 0. The molecule has 5 heteroatoms. The van der Waals surface area contributed by atoms with Crippen LogP contribution in [0.25, 0.3) is 0 Å². The molecule has 0 amide bonds. The third-order valence-corrected chi connectivity index (χ3v) is 5.07. The first kappa shape index (κ1) is 14.4. The predicted octanol–water partition coefficient (Wildman–Crippen LogP) is 4.37. The third kappa shape index (κ3) is 3.06. The van der Waals surface area contributed by atoms with E-state index in [1.807, 2.05) is 23.1 Å². The van der Waals surface area contributed by atoms with E-state index in [2.05, 4.69) is 11.4 Å². The highest BCUT2D eigenvalue weighted by Gasteiger charge is 2.28. The highest BCUT2D eigenvalue weighted by molar-refractivity contribution is 7.10. The maximum Gasteiger partial charge on any atom is 0.323 e. The molecular weight excluding hydrogens is 306 g/mol. The highest BCUT2D eigenvalue weighted by atomic mass is 35.5. The van der Waals surface area contributed by atoms with Gasteiger partial charge in [0.25, 0.3) is 0 Å². The number of anilines is 1. The minimum atomic E-state index is -0.822. The minimum absolute atomic E-state index is 0.0136. The van der Waals surface area contributed by atoms with Gasteiger partial charge < -0.3 is 10.0 Å². The van der Waals surface area contributed by atoms with Gasteiger partial charge in [-0.2, -0.15) is 0 Å². The molecule has 1 unspecified atom stereocenters. The van der Waals surface area contributed by atoms with Crippen LogP contribution in [0.15, 0.2) is 35.7 Å². The molecule has 0 saturated carbocycles. The molecule has 2 aromatic rings. The fourth-order valence-corrected chi connectivity index (χ4v) is 4.13. The van der Waals surface area contributed by atoms with Gasteiger partial charge in [-0.15, -0.1) is 11.3 Å². The summed E-state index contributed by atoms with van der Waals surface area (Å²) in [6.45, 7) is -0.0136. The molecule has 1 aliphatic carbocycles. The Hall–Kier alpha value is -1.52. The van der Waals surface area contributed by atoms with E-state index in [9.17, 15) is 9.90 Å². The molecule has 1 heterocycles. The van der Waals surface area contributed by atoms with E-state index in [-0.39, 0.29) is 12.6 Å². The van der Waals surface area contributed by atoms with Crippen molar-refractivity contribution < 1.29 is 9.90 Å². The summed E-state index contributed by atoms with van der Waals surface area (Å²) in [5, 5.41) is 12.0. The zero-order valence-electron chi connectivity index (χ0n) is 11.5. The van der Waals surface area contributed by atoms with Crippen LogP contribution in [0.3, 0.4) is 0 Å². The smallest absolute Gasteiger partial charge is 0.323 e. The monoisotopic (exact) mass is 321 g/mol. The molecule has 0 fully saturated rings. The summed E-state index contributed by atoms with van der Waals surface area (Å²) in [5.74, 6) is -0.822. The van der Waals surface area contributed by atoms with E-state index >= 15 is 0 Å². The van der Waals surface area contributed by atoms with Gasteiger partial charge >= 0.3 is 5.97 Å².